The number of carbonyl (C=O) groups is 1. The molecule has 0 radical (unpaired) electrons. The number of fused-ring (bicyclic) bond motifs is 1. The maximum atomic E-state index is 12.4. The number of benzene rings is 2. The number of para-hydroxylation sites is 2. The highest BCUT2D eigenvalue weighted by Crippen LogP contribution is 2.24. The van der Waals surface area contributed by atoms with Crippen LogP contribution in [0.3, 0.4) is 0 Å². The summed E-state index contributed by atoms with van der Waals surface area (Å²) in [5, 5.41) is 12.8. The molecule has 2 aromatic heterocycles. The molecule has 0 aliphatic rings. The standard InChI is InChI=1S/C21H20N4O2S/c1-14-7-3-5-9-17(14)25-13-22-24-21(25)28-12-20(26)23-15(2)19-11-16-8-4-6-10-18(16)27-19/h3-11,13,15H,12H2,1-2H3,(H,23,26)/t15-/m1/s1. The minimum Gasteiger partial charge on any atom is -0.459 e. The molecule has 0 fully saturated rings. The minimum atomic E-state index is -0.213. The molecule has 2 aromatic carbocycles. The van der Waals surface area contributed by atoms with E-state index in [9.17, 15) is 4.79 Å². The number of rotatable bonds is 6. The summed E-state index contributed by atoms with van der Waals surface area (Å²) in [6.45, 7) is 3.95. The third-order valence-electron chi connectivity index (χ3n) is 4.47. The van der Waals surface area contributed by atoms with E-state index in [0.717, 1.165) is 28.0 Å². The lowest BCUT2D eigenvalue weighted by Crippen LogP contribution is -2.28. The number of carbonyl (C=O) groups excluding carboxylic acids is 1. The molecule has 0 saturated carbocycles. The van der Waals surface area contributed by atoms with E-state index in [2.05, 4.69) is 15.5 Å². The van der Waals surface area contributed by atoms with Gasteiger partial charge in [0.25, 0.3) is 0 Å². The van der Waals surface area contributed by atoms with Crippen LogP contribution in [0.2, 0.25) is 0 Å². The Labute approximate surface area is 167 Å². The normalized spacial score (nSPS) is 12.2. The maximum absolute atomic E-state index is 12.4. The van der Waals surface area contributed by atoms with Gasteiger partial charge >= 0.3 is 0 Å². The number of hydrogen-bond donors (Lipinski definition) is 1. The molecule has 142 valence electrons. The van der Waals surface area contributed by atoms with E-state index >= 15 is 0 Å². The number of furan rings is 1. The van der Waals surface area contributed by atoms with Gasteiger partial charge in [0, 0.05) is 5.39 Å². The number of aryl methyl sites for hydroxylation is 1. The van der Waals surface area contributed by atoms with Crippen LogP contribution in [0.15, 0.2) is 70.5 Å². The molecule has 0 aliphatic heterocycles. The van der Waals surface area contributed by atoms with E-state index in [0.29, 0.717) is 5.16 Å². The fourth-order valence-corrected chi connectivity index (χ4v) is 3.75. The molecular formula is C21H20N4O2S. The summed E-state index contributed by atoms with van der Waals surface area (Å²) in [5.74, 6) is 0.898. The van der Waals surface area contributed by atoms with Gasteiger partial charge in [-0.05, 0) is 37.6 Å². The summed E-state index contributed by atoms with van der Waals surface area (Å²) >= 11 is 1.35. The molecule has 28 heavy (non-hydrogen) atoms. The summed E-state index contributed by atoms with van der Waals surface area (Å²) in [6.07, 6.45) is 1.67. The highest BCUT2D eigenvalue weighted by Gasteiger charge is 2.16. The maximum Gasteiger partial charge on any atom is 0.231 e. The fraction of sp³-hybridized carbons (Fsp3) is 0.190. The average molecular weight is 392 g/mol. The Morgan fingerprint density at radius 3 is 2.82 bits per heavy atom. The van der Waals surface area contributed by atoms with Crippen molar-refractivity contribution < 1.29 is 9.21 Å². The number of thioether (sulfide) groups is 1. The Morgan fingerprint density at radius 2 is 2.00 bits per heavy atom. The van der Waals surface area contributed by atoms with Crippen molar-refractivity contribution in [3.63, 3.8) is 0 Å². The third-order valence-corrected chi connectivity index (χ3v) is 5.42. The van der Waals surface area contributed by atoms with Crippen molar-refractivity contribution in [3.05, 3.63) is 72.2 Å². The average Bonchev–Trinajstić information content (AvgIpc) is 3.33. The quantitative estimate of drug-likeness (QED) is 0.496. The molecule has 6 nitrogen and oxygen atoms in total. The molecule has 0 aliphatic carbocycles. The summed E-state index contributed by atoms with van der Waals surface area (Å²) in [5.41, 5.74) is 2.94. The summed E-state index contributed by atoms with van der Waals surface area (Å²) in [4.78, 5) is 12.4. The van der Waals surface area contributed by atoms with Gasteiger partial charge in [-0.25, -0.2) is 0 Å². The molecule has 4 aromatic rings. The van der Waals surface area contributed by atoms with Crippen molar-refractivity contribution in [3.8, 4) is 5.69 Å². The second kappa shape index (κ2) is 7.90. The third kappa shape index (κ3) is 3.80. The first-order valence-corrected chi connectivity index (χ1v) is 9.97. The van der Waals surface area contributed by atoms with Gasteiger partial charge in [0.15, 0.2) is 5.16 Å². The van der Waals surface area contributed by atoms with Gasteiger partial charge in [0.1, 0.15) is 17.7 Å². The zero-order chi connectivity index (χ0) is 19.5. The monoisotopic (exact) mass is 392 g/mol. The van der Waals surface area contributed by atoms with E-state index < -0.39 is 0 Å². The van der Waals surface area contributed by atoms with Crippen LogP contribution in [-0.2, 0) is 4.79 Å². The lowest BCUT2D eigenvalue weighted by Gasteiger charge is -2.12. The Hall–Kier alpha value is -3.06. The molecule has 7 heteroatoms. The van der Waals surface area contributed by atoms with Gasteiger partial charge in [-0.1, -0.05) is 48.2 Å². The summed E-state index contributed by atoms with van der Waals surface area (Å²) in [6, 6.07) is 17.6. The second-order valence-electron chi connectivity index (χ2n) is 6.53. The van der Waals surface area contributed by atoms with Crippen molar-refractivity contribution in [1.82, 2.24) is 20.1 Å². The highest BCUT2D eigenvalue weighted by molar-refractivity contribution is 7.99. The minimum absolute atomic E-state index is 0.0858. The predicted molar refractivity (Wildman–Crippen MR) is 110 cm³/mol. The van der Waals surface area contributed by atoms with Gasteiger partial charge in [-0.2, -0.15) is 0 Å². The molecule has 4 rings (SSSR count). The van der Waals surface area contributed by atoms with E-state index in [1.807, 2.05) is 73.0 Å². The topological polar surface area (TPSA) is 73.0 Å². The number of aromatic nitrogens is 3. The Bertz CT molecular complexity index is 1090. The molecule has 2 heterocycles. The van der Waals surface area contributed by atoms with Crippen LogP contribution in [0.4, 0.5) is 0 Å². The Kier molecular flexibility index (Phi) is 5.16. The van der Waals surface area contributed by atoms with Crippen LogP contribution in [0.25, 0.3) is 16.7 Å². The van der Waals surface area contributed by atoms with E-state index in [4.69, 9.17) is 4.42 Å². The van der Waals surface area contributed by atoms with E-state index in [-0.39, 0.29) is 17.7 Å². The van der Waals surface area contributed by atoms with Gasteiger partial charge in [-0.15, -0.1) is 10.2 Å². The second-order valence-corrected chi connectivity index (χ2v) is 7.48. The molecule has 1 amide bonds. The van der Waals surface area contributed by atoms with Crippen LogP contribution >= 0.6 is 11.8 Å². The zero-order valence-corrected chi connectivity index (χ0v) is 16.4. The van der Waals surface area contributed by atoms with Crippen LogP contribution < -0.4 is 5.32 Å². The molecule has 0 spiro atoms. The first kappa shape index (κ1) is 18.3. The SMILES string of the molecule is Cc1ccccc1-n1cnnc1SCC(=O)N[C@H](C)c1cc2ccccc2o1. The lowest BCUT2D eigenvalue weighted by atomic mass is 10.2. The molecule has 1 atom stereocenters. The smallest absolute Gasteiger partial charge is 0.231 e. The van der Waals surface area contributed by atoms with Gasteiger partial charge < -0.3 is 9.73 Å². The van der Waals surface area contributed by atoms with Gasteiger partial charge in [0.2, 0.25) is 5.91 Å². The van der Waals surface area contributed by atoms with Crippen molar-refractivity contribution in [1.29, 1.82) is 0 Å². The van der Waals surface area contributed by atoms with Crippen LogP contribution in [0, 0.1) is 6.92 Å². The molecule has 1 N–H and O–H groups in total. The Morgan fingerprint density at radius 1 is 1.21 bits per heavy atom. The first-order chi connectivity index (χ1) is 13.6. The lowest BCUT2D eigenvalue weighted by molar-refractivity contribution is -0.119. The number of nitrogens with zero attached hydrogens (tertiary/aromatic N) is 3. The van der Waals surface area contributed by atoms with Crippen molar-refractivity contribution in [2.24, 2.45) is 0 Å². The summed E-state index contributed by atoms with van der Waals surface area (Å²) in [7, 11) is 0. The van der Waals surface area contributed by atoms with Crippen LogP contribution in [0.1, 0.15) is 24.3 Å². The highest BCUT2D eigenvalue weighted by atomic mass is 32.2. The molecular weight excluding hydrogens is 372 g/mol. The van der Waals surface area contributed by atoms with Gasteiger partial charge in [-0.3, -0.25) is 9.36 Å². The Balaban J connectivity index is 1.40. The predicted octanol–water partition coefficient (Wildman–Crippen LogP) is 4.29. The fourth-order valence-electron chi connectivity index (χ4n) is 3.02. The van der Waals surface area contributed by atoms with Crippen molar-refractivity contribution >= 4 is 28.6 Å². The van der Waals surface area contributed by atoms with E-state index in [1.54, 1.807) is 6.33 Å². The zero-order valence-electron chi connectivity index (χ0n) is 15.6. The van der Waals surface area contributed by atoms with Gasteiger partial charge in [0.05, 0.1) is 17.5 Å². The summed E-state index contributed by atoms with van der Waals surface area (Å²) < 4.78 is 7.72. The molecule has 0 bridgehead atoms. The number of nitrogens with one attached hydrogen (secondary N) is 1. The van der Waals surface area contributed by atoms with E-state index in [1.165, 1.54) is 11.8 Å². The number of hydrogen-bond acceptors (Lipinski definition) is 5. The first-order valence-electron chi connectivity index (χ1n) is 8.98. The number of amides is 1. The van der Waals surface area contributed by atoms with Crippen molar-refractivity contribution in [2.75, 3.05) is 5.75 Å². The molecule has 0 unspecified atom stereocenters. The van der Waals surface area contributed by atoms with Crippen LogP contribution in [0.5, 0.6) is 0 Å². The van der Waals surface area contributed by atoms with Crippen LogP contribution in [-0.4, -0.2) is 26.4 Å². The van der Waals surface area contributed by atoms with Crippen molar-refractivity contribution in [2.45, 2.75) is 25.0 Å². The molecule has 0 saturated heterocycles. The largest absolute Gasteiger partial charge is 0.459 e.